The number of hydrogen-bond donors (Lipinski definition) is 3. The van der Waals surface area contributed by atoms with Gasteiger partial charge >= 0.3 is 5.97 Å². The topological polar surface area (TPSA) is 95.5 Å². The van der Waals surface area contributed by atoms with E-state index in [-0.39, 0.29) is 17.9 Å². The van der Waals surface area contributed by atoms with Crippen molar-refractivity contribution in [3.8, 4) is 0 Å². The van der Waals surface area contributed by atoms with Gasteiger partial charge in [-0.3, -0.25) is 9.59 Å². The maximum absolute atomic E-state index is 12.2. The first kappa shape index (κ1) is 13.3. The zero-order valence-electron chi connectivity index (χ0n) is 10.7. The molecule has 3 N–H and O–H groups in total. The molecular weight excluding hydrogens is 292 g/mol. The number of nitrogens with one attached hydrogen (secondary N) is 2. The van der Waals surface area contributed by atoms with E-state index in [9.17, 15) is 14.4 Å². The van der Waals surface area contributed by atoms with Gasteiger partial charge in [0.2, 0.25) is 5.91 Å². The Labute approximate surface area is 123 Å². The van der Waals surface area contributed by atoms with Gasteiger partial charge in [-0.25, -0.2) is 4.79 Å². The largest absolute Gasteiger partial charge is 0.478 e. The Kier molecular flexibility index (Phi) is 3.19. The maximum atomic E-state index is 12.2. The number of aromatic carboxylic acids is 1. The highest BCUT2D eigenvalue weighted by Crippen LogP contribution is 2.26. The molecule has 3 rings (SSSR count). The minimum Gasteiger partial charge on any atom is -0.478 e. The molecule has 0 atom stereocenters. The molecule has 0 fully saturated rings. The van der Waals surface area contributed by atoms with Gasteiger partial charge in [0.1, 0.15) is 5.00 Å². The van der Waals surface area contributed by atoms with E-state index in [1.165, 1.54) is 6.07 Å². The summed E-state index contributed by atoms with van der Waals surface area (Å²) in [4.78, 5) is 34.4. The molecule has 106 valence electrons. The van der Waals surface area contributed by atoms with Gasteiger partial charge in [0, 0.05) is 11.3 Å². The zero-order valence-corrected chi connectivity index (χ0v) is 11.5. The van der Waals surface area contributed by atoms with Gasteiger partial charge in [0.15, 0.2) is 0 Å². The first-order valence-corrected chi connectivity index (χ1v) is 6.97. The summed E-state index contributed by atoms with van der Waals surface area (Å²) in [5.41, 5.74) is 1.91. The number of anilines is 2. The monoisotopic (exact) mass is 302 g/mol. The molecular formula is C14H10N2O4S. The van der Waals surface area contributed by atoms with Crippen LogP contribution in [0.25, 0.3) is 0 Å². The van der Waals surface area contributed by atoms with Crippen molar-refractivity contribution in [2.24, 2.45) is 0 Å². The highest BCUT2D eigenvalue weighted by atomic mass is 32.1. The molecule has 1 aromatic carbocycles. The van der Waals surface area contributed by atoms with E-state index in [0.717, 1.165) is 16.9 Å². The molecule has 7 heteroatoms. The Bertz CT molecular complexity index is 766. The van der Waals surface area contributed by atoms with Crippen LogP contribution in [0.15, 0.2) is 29.6 Å². The van der Waals surface area contributed by atoms with Crippen molar-refractivity contribution in [1.82, 2.24) is 0 Å². The second-order valence-corrected chi connectivity index (χ2v) is 5.44. The number of amides is 2. The van der Waals surface area contributed by atoms with Gasteiger partial charge in [0.25, 0.3) is 5.91 Å². The molecule has 0 saturated heterocycles. The summed E-state index contributed by atoms with van der Waals surface area (Å²) in [6.07, 6.45) is 0.246. The van der Waals surface area contributed by atoms with Crippen LogP contribution in [-0.4, -0.2) is 22.9 Å². The van der Waals surface area contributed by atoms with Crippen molar-refractivity contribution in [2.45, 2.75) is 6.42 Å². The summed E-state index contributed by atoms with van der Waals surface area (Å²) in [7, 11) is 0. The van der Waals surface area contributed by atoms with Crippen LogP contribution in [0.3, 0.4) is 0 Å². The molecule has 0 aliphatic carbocycles. The maximum Gasteiger partial charge on any atom is 0.338 e. The van der Waals surface area contributed by atoms with E-state index < -0.39 is 11.9 Å². The molecule has 1 aliphatic heterocycles. The van der Waals surface area contributed by atoms with Crippen molar-refractivity contribution in [3.05, 3.63) is 46.3 Å². The quantitative estimate of drug-likeness (QED) is 0.810. The molecule has 21 heavy (non-hydrogen) atoms. The third-order valence-corrected chi connectivity index (χ3v) is 3.95. The smallest absolute Gasteiger partial charge is 0.338 e. The second kappa shape index (κ2) is 5.02. The van der Waals surface area contributed by atoms with Crippen molar-refractivity contribution in [2.75, 3.05) is 10.6 Å². The number of thiophene rings is 1. The molecule has 1 aliphatic rings. The summed E-state index contributed by atoms with van der Waals surface area (Å²) in [5, 5.41) is 16.2. The minimum atomic E-state index is -1.09. The summed E-state index contributed by atoms with van der Waals surface area (Å²) in [6.45, 7) is 0. The van der Waals surface area contributed by atoms with E-state index in [0.29, 0.717) is 16.3 Å². The summed E-state index contributed by atoms with van der Waals surface area (Å²) in [5.74, 6) is -1.59. The fourth-order valence-corrected chi connectivity index (χ4v) is 2.89. The summed E-state index contributed by atoms with van der Waals surface area (Å²) < 4.78 is 0. The average Bonchev–Trinajstić information content (AvgIpc) is 3.02. The van der Waals surface area contributed by atoms with Gasteiger partial charge in [0.05, 0.1) is 12.0 Å². The number of carbonyl (C=O) groups is 3. The number of carbonyl (C=O) groups excluding carboxylic acids is 2. The lowest BCUT2D eigenvalue weighted by atomic mass is 10.1. The van der Waals surface area contributed by atoms with E-state index in [4.69, 9.17) is 5.11 Å². The number of fused-ring (bicyclic) bond motifs is 1. The predicted octanol–water partition coefficient (Wildman–Crippen LogP) is 2.19. The van der Waals surface area contributed by atoms with E-state index in [1.807, 2.05) is 0 Å². The first-order valence-electron chi connectivity index (χ1n) is 6.09. The van der Waals surface area contributed by atoms with E-state index in [2.05, 4.69) is 10.6 Å². The van der Waals surface area contributed by atoms with Crippen LogP contribution in [0.4, 0.5) is 10.7 Å². The van der Waals surface area contributed by atoms with Gasteiger partial charge in [-0.1, -0.05) is 0 Å². The summed E-state index contributed by atoms with van der Waals surface area (Å²) >= 11 is 1.15. The standard InChI is InChI=1S/C14H10N2O4S/c17-11-6-8-5-7(1-2-10(8)15-11)12(18)16-13-9(14(19)20)3-4-21-13/h1-5H,6H2,(H,15,17)(H,16,18)(H,19,20). The molecule has 2 amide bonds. The molecule has 0 saturated carbocycles. The van der Waals surface area contributed by atoms with Crippen molar-refractivity contribution < 1.29 is 19.5 Å². The SMILES string of the molecule is O=C1Cc2cc(C(=O)Nc3sccc3C(=O)O)ccc2N1. The third kappa shape index (κ3) is 2.50. The molecule has 2 heterocycles. The lowest BCUT2D eigenvalue weighted by Gasteiger charge is -2.06. The highest BCUT2D eigenvalue weighted by Gasteiger charge is 2.20. The molecule has 0 bridgehead atoms. The van der Waals surface area contributed by atoms with Crippen LogP contribution >= 0.6 is 11.3 Å². The van der Waals surface area contributed by atoms with Crippen molar-refractivity contribution in [3.63, 3.8) is 0 Å². The third-order valence-electron chi connectivity index (χ3n) is 3.12. The fourth-order valence-electron chi connectivity index (χ4n) is 2.12. The van der Waals surface area contributed by atoms with Crippen molar-refractivity contribution in [1.29, 1.82) is 0 Å². The molecule has 1 aromatic heterocycles. The van der Waals surface area contributed by atoms with Crippen LogP contribution in [0.1, 0.15) is 26.3 Å². The van der Waals surface area contributed by atoms with Crippen LogP contribution in [-0.2, 0) is 11.2 Å². The van der Waals surface area contributed by atoms with Crippen LogP contribution in [0.5, 0.6) is 0 Å². The van der Waals surface area contributed by atoms with Gasteiger partial charge in [-0.2, -0.15) is 0 Å². The van der Waals surface area contributed by atoms with E-state index >= 15 is 0 Å². The second-order valence-electron chi connectivity index (χ2n) is 4.52. The molecule has 0 spiro atoms. The van der Waals surface area contributed by atoms with Gasteiger partial charge in [-0.05, 0) is 35.2 Å². The van der Waals surface area contributed by atoms with Crippen LogP contribution < -0.4 is 10.6 Å². The minimum absolute atomic E-state index is 0.0614. The van der Waals surface area contributed by atoms with Crippen LogP contribution in [0, 0.1) is 0 Å². The number of hydrogen-bond acceptors (Lipinski definition) is 4. The lowest BCUT2D eigenvalue weighted by molar-refractivity contribution is -0.115. The Morgan fingerprint density at radius 2 is 2.10 bits per heavy atom. The fraction of sp³-hybridized carbons (Fsp3) is 0.0714. The van der Waals surface area contributed by atoms with Gasteiger partial charge < -0.3 is 15.7 Å². The Balaban J connectivity index is 1.83. The molecule has 2 aromatic rings. The normalized spacial score (nSPS) is 12.7. The number of carboxylic acids is 1. The molecule has 6 nitrogen and oxygen atoms in total. The predicted molar refractivity (Wildman–Crippen MR) is 78.0 cm³/mol. The number of benzene rings is 1. The lowest BCUT2D eigenvalue weighted by Crippen LogP contribution is -2.13. The average molecular weight is 302 g/mol. The van der Waals surface area contributed by atoms with Crippen LogP contribution in [0.2, 0.25) is 0 Å². The summed E-state index contributed by atoms with van der Waals surface area (Å²) in [6, 6.07) is 6.33. The molecule has 0 radical (unpaired) electrons. The number of rotatable bonds is 3. The Hall–Kier alpha value is -2.67. The van der Waals surface area contributed by atoms with E-state index in [1.54, 1.807) is 23.6 Å². The highest BCUT2D eigenvalue weighted by molar-refractivity contribution is 7.14. The Morgan fingerprint density at radius 1 is 1.29 bits per heavy atom. The number of carboxylic acid groups (broad SMARTS) is 1. The zero-order chi connectivity index (χ0) is 15.0. The first-order chi connectivity index (χ1) is 10.0. The van der Waals surface area contributed by atoms with Crippen molar-refractivity contribution >= 4 is 39.8 Å². The van der Waals surface area contributed by atoms with Gasteiger partial charge in [-0.15, -0.1) is 11.3 Å². The molecule has 0 unspecified atom stereocenters. The Morgan fingerprint density at radius 3 is 2.86 bits per heavy atom.